The molecule has 0 saturated carbocycles. The lowest BCUT2D eigenvalue weighted by Gasteiger charge is -2.02. The van der Waals surface area contributed by atoms with Gasteiger partial charge in [-0.3, -0.25) is 0 Å². The van der Waals surface area contributed by atoms with E-state index in [0.29, 0.717) is 0 Å². The Morgan fingerprint density at radius 1 is 1.40 bits per heavy atom. The average Bonchev–Trinajstić information content (AvgIpc) is 1.58. The number of rotatable bonds is 3. The Labute approximate surface area is 66.3 Å². The first-order chi connectivity index (χ1) is 4.52. The van der Waals surface area contributed by atoms with Crippen molar-refractivity contribution in [1.82, 2.24) is 0 Å². The van der Waals surface area contributed by atoms with Crippen LogP contribution >= 0.6 is 0 Å². The molecule has 0 unspecified atom stereocenters. The third-order valence-electron chi connectivity index (χ3n) is 1.13. The van der Waals surface area contributed by atoms with Gasteiger partial charge in [-0.1, -0.05) is 36.9 Å². The lowest BCUT2D eigenvalue weighted by molar-refractivity contribution is 1.32. The van der Waals surface area contributed by atoms with Crippen molar-refractivity contribution in [3.05, 3.63) is 23.8 Å². The molecule has 0 fully saturated rings. The second-order valence-electron chi connectivity index (χ2n) is 3.22. The average molecular weight is 153 g/mol. The second kappa shape index (κ2) is 4.50. The van der Waals surface area contributed by atoms with E-state index >= 15 is 0 Å². The Bertz CT molecular complexity index is 143. The monoisotopic (exact) mass is 153 g/mol. The van der Waals surface area contributed by atoms with Gasteiger partial charge in [0.1, 0.15) is 0 Å². The highest BCUT2D eigenvalue weighted by Crippen LogP contribution is 2.07. The fourth-order valence-corrected chi connectivity index (χ4v) is 2.25. The SMILES string of the molecule is C=C(C)/C=C(\C)C[Si](C)C. The molecular formula is C9H17Si. The van der Waals surface area contributed by atoms with Crippen LogP contribution < -0.4 is 0 Å². The van der Waals surface area contributed by atoms with Crippen LogP contribution in [0.5, 0.6) is 0 Å². The molecule has 10 heavy (non-hydrogen) atoms. The summed E-state index contributed by atoms with van der Waals surface area (Å²) in [6, 6.07) is 1.29. The molecule has 0 amide bonds. The van der Waals surface area contributed by atoms with E-state index in [2.05, 4.69) is 32.7 Å². The zero-order chi connectivity index (χ0) is 8.15. The molecule has 57 valence electrons. The van der Waals surface area contributed by atoms with Gasteiger partial charge in [0.2, 0.25) is 0 Å². The van der Waals surface area contributed by atoms with Gasteiger partial charge in [-0.25, -0.2) is 0 Å². The molecule has 0 aliphatic carbocycles. The maximum Gasteiger partial charge on any atom is 0.0456 e. The van der Waals surface area contributed by atoms with Crippen molar-refractivity contribution in [1.29, 1.82) is 0 Å². The van der Waals surface area contributed by atoms with Crippen LogP contribution in [0.2, 0.25) is 19.1 Å². The van der Waals surface area contributed by atoms with E-state index in [0.717, 1.165) is 0 Å². The first-order valence-electron chi connectivity index (χ1n) is 3.64. The van der Waals surface area contributed by atoms with Gasteiger partial charge in [0.15, 0.2) is 0 Å². The minimum atomic E-state index is -0.0883. The van der Waals surface area contributed by atoms with Crippen LogP contribution in [-0.2, 0) is 0 Å². The standard InChI is InChI=1S/C9H17Si/c1-8(2)6-9(3)7-10(4)5/h6H,1,7H2,2-5H3/b9-6+. The van der Waals surface area contributed by atoms with Crippen molar-refractivity contribution in [3.8, 4) is 0 Å². The molecule has 0 aromatic rings. The summed E-state index contributed by atoms with van der Waals surface area (Å²) in [5, 5.41) is 0. The van der Waals surface area contributed by atoms with E-state index < -0.39 is 0 Å². The zero-order valence-electron chi connectivity index (χ0n) is 7.49. The van der Waals surface area contributed by atoms with Gasteiger partial charge in [-0.2, -0.15) is 0 Å². The van der Waals surface area contributed by atoms with E-state index in [1.54, 1.807) is 0 Å². The Morgan fingerprint density at radius 3 is 2.20 bits per heavy atom. The molecule has 0 aromatic heterocycles. The fraction of sp³-hybridized carbons (Fsp3) is 0.556. The quantitative estimate of drug-likeness (QED) is 0.431. The second-order valence-corrected chi connectivity index (χ2v) is 5.99. The highest BCUT2D eigenvalue weighted by molar-refractivity contribution is 6.56. The molecule has 0 aliphatic heterocycles. The van der Waals surface area contributed by atoms with Crippen LogP contribution in [0.15, 0.2) is 23.8 Å². The van der Waals surface area contributed by atoms with Gasteiger partial charge in [-0.15, -0.1) is 0 Å². The summed E-state index contributed by atoms with van der Waals surface area (Å²) >= 11 is 0. The smallest absolute Gasteiger partial charge is 0.0456 e. The van der Waals surface area contributed by atoms with E-state index in [4.69, 9.17) is 0 Å². The highest BCUT2D eigenvalue weighted by Gasteiger charge is 1.96. The summed E-state index contributed by atoms with van der Waals surface area (Å²) < 4.78 is 0. The molecule has 0 heterocycles. The first kappa shape index (κ1) is 9.70. The molecule has 1 heteroatoms. The molecule has 0 saturated heterocycles. The van der Waals surface area contributed by atoms with Crippen molar-refractivity contribution in [2.45, 2.75) is 33.0 Å². The van der Waals surface area contributed by atoms with Gasteiger partial charge in [0.05, 0.1) is 0 Å². The van der Waals surface area contributed by atoms with Crippen LogP contribution in [0.25, 0.3) is 0 Å². The Hall–Kier alpha value is -0.303. The summed E-state index contributed by atoms with van der Waals surface area (Å²) in [6.07, 6.45) is 2.18. The van der Waals surface area contributed by atoms with E-state index in [9.17, 15) is 0 Å². The molecular weight excluding hydrogens is 136 g/mol. The molecule has 1 radical (unpaired) electrons. The third-order valence-corrected chi connectivity index (χ3v) is 2.39. The van der Waals surface area contributed by atoms with Crippen LogP contribution in [0.1, 0.15) is 13.8 Å². The Morgan fingerprint density at radius 2 is 1.90 bits per heavy atom. The van der Waals surface area contributed by atoms with Gasteiger partial charge < -0.3 is 0 Å². The molecule has 0 bridgehead atoms. The maximum atomic E-state index is 3.84. The van der Waals surface area contributed by atoms with E-state index in [1.165, 1.54) is 17.2 Å². The van der Waals surface area contributed by atoms with Crippen molar-refractivity contribution in [3.63, 3.8) is 0 Å². The third kappa shape index (κ3) is 5.83. The molecule has 0 N–H and O–H groups in total. The largest absolute Gasteiger partial charge is 0.0961 e. The van der Waals surface area contributed by atoms with Crippen molar-refractivity contribution < 1.29 is 0 Å². The van der Waals surface area contributed by atoms with Crippen LogP contribution in [-0.4, -0.2) is 8.80 Å². The maximum absolute atomic E-state index is 3.84. The first-order valence-corrected chi connectivity index (χ1v) is 6.35. The van der Waals surface area contributed by atoms with Crippen LogP contribution in [0.3, 0.4) is 0 Å². The van der Waals surface area contributed by atoms with Crippen LogP contribution in [0, 0.1) is 0 Å². The van der Waals surface area contributed by atoms with Gasteiger partial charge in [0.25, 0.3) is 0 Å². The highest BCUT2D eigenvalue weighted by atomic mass is 28.3. The summed E-state index contributed by atoms with van der Waals surface area (Å²) in [6.45, 7) is 12.7. The Kier molecular flexibility index (Phi) is 4.37. The van der Waals surface area contributed by atoms with Gasteiger partial charge in [-0.05, 0) is 19.9 Å². The summed E-state index contributed by atoms with van der Waals surface area (Å²) in [5.41, 5.74) is 2.65. The number of hydrogen-bond donors (Lipinski definition) is 0. The zero-order valence-corrected chi connectivity index (χ0v) is 8.49. The topological polar surface area (TPSA) is 0 Å². The fourth-order valence-electron chi connectivity index (χ4n) is 1.03. The molecule has 0 aliphatic rings. The lowest BCUT2D eigenvalue weighted by Crippen LogP contribution is -1.98. The van der Waals surface area contributed by atoms with E-state index in [1.807, 2.05) is 6.92 Å². The van der Waals surface area contributed by atoms with Gasteiger partial charge >= 0.3 is 0 Å². The molecule has 0 aromatic carbocycles. The van der Waals surface area contributed by atoms with Crippen molar-refractivity contribution in [2.24, 2.45) is 0 Å². The Balaban J connectivity index is 3.83. The molecule has 0 spiro atoms. The van der Waals surface area contributed by atoms with Crippen molar-refractivity contribution in [2.75, 3.05) is 0 Å². The van der Waals surface area contributed by atoms with E-state index in [-0.39, 0.29) is 8.80 Å². The summed E-state index contributed by atoms with van der Waals surface area (Å²) in [4.78, 5) is 0. The number of hydrogen-bond acceptors (Lipinski definition) is 0. The predicted octanol–water partition coefficient (Wildman–Crippen LogP) is 3.26. The molecule has 0 nitrogen and oxygen atoms in total. The summed E-state index contributed by atoms with van der Waals surface area (Å²) in [5.74, 6) is 0. The normalized spacial score (nSPS) is 12.3. The minimum absolute atomic E-state index is 0.0883. The lowest BCUT2D eigenvalue weighted by atomic mass is 10.2. The predicted molar refractivity (Wildman–Crippen MR) is 50.9 cm³/mol. The summed E-state index contributed by atoms with van der Waals surface area (Å²) in [7, 11) is -0.0883. The van der Waals surface area contributed by atoms with Gasteiger partial charge in [0, 0.05) is 8.80 Å². The number of allylic oxidation sites excluding steroid dienone is 3. The van der Waals surface area contributed by atoms with Crippen molar-refractivity contribution >= 4 is 8.80 Å². The molecule has 0 rings (SSSR count). The van der Waals surface area contributed by atoms with Crippen LogP contribution in [0.4, 0.5) is 0 Å². The molecule has 0 atom stereocenters. The minimum Gasteiger partial charge on any atom is -0.0961 e.